The molecule has 0 saturated heterocycles. The van der Waals surface area contributed by atoms with Crippen LogP contribution < -0.4 is 5.32 Å². The van der Waals surface area contributed by atoms with Gasteiger partial charge in [-0.1, -0.05) is 198 Å². The Morgan fingerprint density at radius 3 is 1.06 bits per heavy atom. The van der Waals surface area contributed by atoms with Crippen molar-refractivity contribution in [1.82, 2.24) is 5.32 Å². The summed E-state index contributed by atoms with van der Waals surface area (Å²) in [7, 11) is 3.24. The molecule has 17 nitrogen and oxygen atoms in total. The first-order valence-corrected chi connectivity index (χ1v) is 41.1. The number of carbonyl (C=O) groups excluding carboxylic acids is 7. The Labute approximate surface area is 661 Å². The van der Waals surface area contributed by atoms with E-state index in [4.69, 9.17) is 14.2 Å². The molecule has 12 aliphatic carbocycles. The van der Waals surface area contributed by atoms with Crippen LogP contribution >= 0.6 is 21.6 Å². The average Bonchev–Trinajstić information content (AvgIpc) is 1.41. The first kappa shape index (κ1) is 93.7. The van der Waals surface area contributed by atoms with Gasteiger partial charge in [-0.2, -0.15) is 0 Å². The Hall–Kier alpha value is -5.20. The van der Waals surface area contributed by atoms with Gasteiger partial charge in [0.2, 0.25) is 23.3 Å². The van der Waals surface area contributed by atoms with Crippen LogP contribution in [0.5, 0.6) is 0 Å². The van der Waals surface area contributed by atoms with Crippen molar-refractivity contribution < 1.29 is 91.6 Å². The molecule has 22 heteroatoms. The zero-order valence-electron chi connectivity index (χ0n) is 64.2. The van der Waals surface area contributed by atoms with Gasteiger partial charge in [0.05, 0.1) is 31.2 Å². The molecule has 0 bridgehead atoms. The van der Waals surface area contributed by atoms with Crippen LogP contribution in [0.2, 0.25) is 0 Å². The number of esters is 3. The number of carbonyl (C=O) groups is 7. The summed E-state index contributed by atoms with van der Waals surface area (Å²) in [5.41, 5.74) is -12.0. The molecular formula is C88H132F3NO16S2. The van der Waals surface area contributed by atoms with E-state index in [9.17, 15) is 64.2 Å². The third kappa shape index (κ3) is 14.3. The van der Waals surface area contributed by atoms with Crippen LogP contribution in [0.3, 0.4) is 0 Å². The van der Waals surface area contributed by atoms with E-state index in [-0.39, 0.29) is 98.3 Å². The Morgan fingerprint density at radius 1 is 0.473 bits per heavy atom. The lowest BCUT2D eigenvalue weighted by Gasteiger charge is -2.62. The number of hydrogen-bond donors (Lipinski definition) is 7. The number of hydrogen-bond acceptors (Lipinski definition) is 18. The summed E-state index contributed by atoms with van der Waals surface area (Å²) in [4.78, 5) is 87.9. The molecule has 0 spiro atoms. The minimum atomic E-state index is -1.95. The van der Waals surface area contributed by atoms with Crippen LogP contribution in [0, 0.1) is 85.8 Å². The summed E-state index contributed by atoms with van der Waals surface area (Å²) in [6.07, 6.45) is 18.2. The zero-order chi connectivity index (χ0) is 78.3. The standard InChI is InChI=1S/C29H40FNO6.C28H39FO5S2.C27H37FO5.4CH4/c1-6-31-24(34)9-10-25(35)37-16-23(33)29(36)18(3)14-21-20-8-7-19-13-17(2)11-12-26(19,4)28(20,30)22(32)15-27(21,29)5;1-6-35-36-12-10-24(32)34-16-23(31)28(33)18(3)14-21-20-8-7-19-13-17(2)9-11-25(19,4)27(20,29)22(30)15-26(21,28)5;1-6-7-23(31)33-15-22(30)27(32)17(3)13-20-19-9-8-18-12-16(2)10-11-24(18,4)26(19,28)21(29)14-25(20,27)5;;;;/h11-13,18,20-22,32,36H,2,6-10,14-16H2,1,3-5H3,(H,31,34);9,11,13,18,20-22,30,33H,2,6-8,10,12,14-16H2,1,3-5H3;10-12,17,19-21,29,32H,2,6-9,13-15H2,1,3-5H3;4*1H4/t18-,20+,21+,22+,26+,27+,28+,29+;18-,20+,21+,22+,25+,26+,27+,28+;17-,19+,20+,21+,24+,25+,26+,27+;;;;/m000..../s1. The quantitative estimate of drug-likeness (QED) is 0.0258. The molecule has 12 aliphatic rings. The fraction of sp³-hybridized carbons (Fsp3) is 0.716. The highest BCUT2D eigenvalue weighted by Crippen LogP contribution is 2.75. The second kappa shape index (κ2) is 33.9. The minimum absolute atomic E-state index is 0. The fourth-order valence-electron chi connectivity index (χ4n) is 23.6. The summed E-state index contributed by atoms with van der Waals surface area (Å²) >= 11 is 0. The number of halogens is 3. The maximum absolute atomic E-state index is 17.3. The maximum atomic E-state index is 17.3. The van der Waals surface area contributed by atoms with Crippen molar-refractivity contribution in [3.05, 3.63) is 108 Å². The van der Waals surface area contributed by atoms with E-state index in [0.717, 1.165) is 39.2 Å². The van der Waals surface area contributed by atoms with E-state index in [1.807, 2.05) is 111 Å². The summed E-state index contributed by atoms with van der Waals surface area (Å²) in [6, 6.07) is 0. The van der Waals surface area contributed by atoms with Crippen molar-refractivity contribution in [3.8, 4) is 0 Å². The molecule has 7 N–H and O–H groups in total. The summed E-state index contributed by atoms with van der Waals surface area (Å²) < 4.78 is 67.2. The lowest BCUT2D eigenvalue weighted by molar-refractivity contribution is -0.219. The number of aliphatic hydroxyl groups is 6. The van der Waals surface area contributed by atoms with Crippen LogP contribution in [0.25, 0.3) is 0 Å². The highest BCUT2D eigenvalue weighted by molar-refractivity contribution is 8.76. The molecule has 0 aliphatic heterocycles. The Morgan fingerprint density at radius 2 is 0.773 bits per heavy atom. The Balaban J connectivity index is 0.000000253. The average molecular weight is 1580 g/mol. The molecule has 24 atom stereocenters. The van der Waals surface area contributed by atoms with E-state index in [0.29, 0.717) is 76.5 Å². The molecule has 9 saturated carbocycles. The number of alkyl halides is 3. The smallest absolute Gasteiger partial charge is 0.307 e. The van der Waals surface area contributed by atoms with Gasteiger partial charge in [-0.05, 0) is 163 Å². The molecule has 0 aromatic rings. The SMILES string of the molecule is C.C.C.C.C=C1C=C[C@]2(C)C(=C1)CC[C@@H]1[C@H]3C[C@H](C)[C@@](O)(C(=O)COC(=O)CCC(=O)NCC)[C@]3(C)C[C@@H](O)[C@]12F.C=C1C=C[C@]2(C)C(=C1)CC[C@@H]1[C@H]3C[C@H](C)[C@@](O)(C(=O)COC(=O)CCC)[C@]3(C)C[C@@H](O)[C@]12F.C=C1C=C[C@]2(C)C(=C1)CC[C@@H]1[C@H]3C[C@H](C)[C@@](O)(C(=O)COC(=O)CCSSCC)[C@]3(C)C[C@@H](O)[C@]12F. The molecule has 618 valence electrons. The van der Waals surface area contributed by atoms with Gasteiger partial charge >= 0.3 is 17.9 Å². The molecule has 0 radical (unpaired) electrons. The molecular weight excluding hydrogens is 1450 g/mol. The third-order valence-electron chi connectivity index (χ3n) is 29.3. The topological polar surface area (TPSA) is 281 Å². The highest BCUT2D eigenvalue weighted by atomic mass is 33.1. The van der Waals surface area contributed by atoms with E-state index in [2.05, 4.69) is 25.1 Å². The number of rotatable bonds is 20. The molecule has 110 heavy (non-hydrogen) atoms. The largest absolute Gasteiger partial charge is 0.458 e. The maximum Gasteiger partial charge on any atom is 0.307 e. The number of ether oxygens (including phenoxy) is 3. The normalized spacial score (nSPS) is 42.2. The molecule has 9 fully saturated rings. The van der Waals surface area contributed by atoms with Gasteiger partial charge in [0.25, 0.3) is 0 Å². The second-order valence-electron chi connectivity index (χ2n) is 34.5. The van der Waals surface area contributed by atoms with Gasteiger partial charge in [0, 0.05) is 81.1 Å². The van der Waals surface area contributed by atoms with Crippen molar-refractivity contribution in [2.45, 2.75) is 274 Å². The summed E-state index contributed by atoms with van der Waals surface area (Å²) in [5.74, 6) is -6.02. The molecule has 0 heterocycles. The van der Waals surface area contributed by atoms with Crippen LogP contribution in [-0.2, 0) is 47.8 Å². The lowest BCUT2D eigenvalue weighted by Crippen LogP contribution is -2.69. The van der Waals surface area contributed by atoms with Crippen LogP contribution in [0.1, 0.15) is 222 Å². The van der Waals surface area contributed by atoms with E-state index in [1.54, 1.807) is 48.4 Å². The third-order valence-corrected chi connectivity index (χ3v) is 31.8. The number of nitrogens with one attached hydrogen (secondary N) is 1. The highest BCUT2D eigenvalue weighted by Gasteiger charge is 2.79. The summed E-state index contributed by atoms with van der Waals surface area (Å²) in [5, 5.41) is 72.5. The predicted molar refractivity (Wildman–Crippen MR) is 429 cm³/mol. The molecule has 12 rings (SSSR count). The van der Waals surface area contributed by atoms with Crippen molar-refractivity contribution in [1.29, 1.82) is 0 Å². The zero-order valence-corrected chi connectivity index (χ0v) is 65.9. The fourth-order valence-corrected chi connectivity index (χ4v) is 25.2. The van der Waals surface area contributed by atoms with Crippen molar-refractivity contribution in [2.24, 2.45) is 85.8 Å². The molecule has 0 aromatic heterocycles. The lowest BCUT2D eigenvalue weighted by atomic mass is 9.44. The number of Topliss-reactive ketones (excluding diaryl/α,β-unsaturated/α-hetero) is 3. The van der Waals surface area contributed by atoms with Crippen molar-refractivity contribution in [2.75, 3.05) is 37.9 Å². The van der Waals surface area contributed by atoms with Gasteiger partial charge in [-0.3, -0.25) is 33.6 Å². The number of allylic oxidation sites excluding steroid dienone is 15. The van der Waals surface area contributed by atoms with E-state index < -0.39 is 175 Å². The Bertz CT molecular complexity index is 3760. The minimum Gasteiger partial charge on any atom is -0.458 e. The summed E-state index contributed by atoms with van der Waals surface area (Å²) in [6.45, 7) is 32.7. The number of amides is 1. The number of ketones is 3. The second-order valence-corrected chi connectivity index (χ2v) is 37.3. The van der Waals surface area contributed by atoms with Crippen LogP contribution in [0.4, 0.5) is 13.2 Å². The van der Waals surface area contributed by atoms with Crippen molar-refractivity contribution in [3.63, 3.8) is 0 Å². The van der Waals surface area contributed by atoms with Crippen LogP contribution in [0.15, 0.2) is 108 Å². The van der Waals surface area contributed by atoms with E-state index in [1.165, 1.54) is 0 Å². The van der Waals surface area contributed by atoms with Crippen LogP contribution in [-0.4, -0.2) is 162 Å². The molecule has 0 aromatic carbocycles. The monoisotopic (exact) mass is 1580 g/mol. The number of aliphatic hydroxyl groups excluding tert-OH is 3. The number of fused-ring (bicyclic) bond motifs is 15. The van der Waals surface area contributed by atoms with E-state index >= 15 is 13.2 Å². The van der Waals surface area contributed by atoms with Gasteiger partial charge in [-0.15, -0.1) is 0 Å². The Kier molecular flexibility index (Phi) is 28.9. The molecule has 0 unspecified atom stereocenters. The predicted octanol–water partition coefficient (Wildman–Crippen LogP) is 15.4. The first-order chi connectivity index (χ1) is 49.5. The van der Waals surface area contributed by atoms with Gasteiger partial charge < -0.3 is 50.2 Å². The molecule has 1 amide bonds. The van der Waals surface area contributed by atoms with Crippen molar-refractivity contribution >= 4 is 62.8 Å². The van der Waals surface area contributed by atoms with Gasteiger partial charge in [0.15, 0.2) is 36.8 Å². The first-order valence-electron chi connectivity index (χ1n) is 38.6. The van der Waals surface area contributed by atoms with Gasteiger partial charge in [-0.25, -0.2) is 13.2 Å². The van der Waals surface area contributed by atoms with Gasteiger partial charge in [0.1, 0.15) is 16.8 Å².